The number of carboxylic acid groups (broad SMARTS) is 1. The van der Waals surface area contributed by atoms with E-state index in [2.05, 4.69) is 0 Å². The molecule has 0 heterocycles. The summed E-state index contributed by atoms with van der Waals surface area (Å²) in [5, 5.41) is 9.59. The summed E-state index contributed by atoms with van der Waals surface area (Å²) in [4.78, 5) is 11.7. The van der Waals surface area contributed by atoms with E-state index in [1.165, 1.54) is 0 Å². The SMILES string of the molecule is COc1ccc(C[C@H]2c3ccc(OC)cc3C[C@H]2C(=O)O)cc1. The molecule has 0 unspecified atom stereocenters. The number of rotatable bonds is 5. The van der Waals surface area contributed by atoms with Crippen LogP contribution in [-0.2, 0) is 17.6 Å². The van der Waals surface area contributed by atoms with Crippen LogP contribution in [0.2, 0.25) is 0 Å². The van der Waals surface area contributed by atoms with Crippen molar-refractivity contribution >= 4 is 5.97 Å². The minimum Gasteiger partial charge on any atom is -0.497 e. The molecule has 0 aliphatic heterocycles. The van der Waals surface area contributed by atoms with Crippen molar-refractivity contribution in [3.8, 4) is 11.5 Å². The van der Waals surface area contributed by atoms with Crippen LogP contribution in [0, 0.1) is 5.92 Å². The molecular weight excluding hydrogens is 292 g/mol. The molecule has 2 atom stereocenters. The maximum atomic E-state index is 11.7. The van der Waals surface area contributed by atoms with Crippen molar-refractivity contribution in [3.05, 3.63) is 59.2 Å². The van der Waals surface area contributed by atoms with Gasteiger partial charge in [-0.1, -0.05) is 18.2 Å². The van der Waals surface area contributed by atoms with Gasteiger partial charge in [0.1, 0.15) is 11.5 Å². The van der Waals surface area contributed by atoms with Crippen molar-refractivity contribution in [1.29, 1.82) is 0 Å². The summed E-state index contributed by atoms with van der Waals surface area (Å²) >= 11 is 0. The summed E-state index contributed by atoms with van der Waals surface area (Å²) in [7, 11) is 3.26. The van der Waals surface area contributed by atoms with E-state index in [9.17, 15) is 9.90 Å². The third-order valence-corrected chi connectivity index (χ3v) is 4.61. The van der Waals surface area contributed by atoms with E-state index in [0.29, 0.717) is 12.8 Å². The standard InChI is InChI=1S/C19H20O4/c1-22-14-5-3-12(4-6-14)9-17-16-8-7-15(23-2)10-13(16)11-18(17)19(20)21/h3-8,10,17-18H,9,11H2,1-2H3,(H,20,21)/t17-,18+/m0/s1. The Labute approximate surface area is 135 Å². The van der Waals surface area contributed by atoms with Crippen molar-refractivity contribution in [2.45, 2.75) is 18.8 Å². The number of fused-ring (bicyclic) bond motifs is 1. The first-order valence-electron chi connectivity index (χ1n) is 7.65. The highest BCUT2D eigenvalue weighted by atomic mass is 16.5. The van der Waals surface area contributed by atoms with E-state index in [0.717, 1.165) is 28.2 Å². The summed E-state index contributed by atoms with van der Waals surface area (Å²) < 4.78 is 10.4. The number of methoxy groups -OCH3 is 2. The maximum absolute atomic E-state index is 11.7. The summed E-state index contributed by atoms with van der Waals surface area (Å²) in [6.45, 7) is 0. The van der Waals surface area contributed by atoms with Crippen LogP contribution in [0.1, 0.15) is 22.6 Å². The second-order valence-electron chi connectivity index (χ2n) is 5.87. The Morgan fingerprint density at radius 3 is 2.35 bits per heavy atom. The molecule has 0 saturated heterocycles. The lowest BCUT2D eigenvalue weighted by Gasteiger charge is -2.17. The van der Waals surface area contributed by atoms with Gasteiger partial charge in [0, 0.05) is 5.92 Å². The largest absolute Gasteiger partial charge is 0.497 e. The highest BCUT2D eigenvalue weighted by Crippen LogP contribution is 2.41. The smallest absolute Gasteiger partial charge is 0.307 e. The first-order valence-corrected chi connectivity index (χ1v) is 7.65. The monoisotopic (exact) mass is 312 g/mol. The third-order valence-electron chi connectivity index (χ3n) is 4.61. The molecular formula is C19H20O4. The van der Waals surface area contributed by atoms with Gasteiger partial charge in [0.05, 0.1) is 20.1 Å². The topological polar surface area (TPSA) is 55.8 Å². The number of carboxylic acids is 1. The van der Waals surface area contributed by atoms with Crippen molar-refractivity contribution in [1.82, 2.24) is 0 Å². The zero-order chi connectivity index (χ0) is 16.4. The number of carbonyl (C=O) groups is 1. The normalized spacial score (nSPS) is 19.2. The quantitative estimate of drug-likeness (QED) is 0.920. The van der Waals surface area contributed by atoms with E-state index in [-0.39, 0.29) is 11.8 Å². The molecule has 1 aliphatic rings. The summed E-state index contributed by atoms with van der Waals surface area (Å²) in [5.41, 5.74) is 3.31. The van der Waals surface area contributed by atoms with Crippen LogP contribution in [0.3, 0.4) is 0 Å². The lowest BCUT2D eigenvalue weighted by Crippen LogP contribution is -2.20. The Hall–Kier alpha value is -2.49. The molecule has 0 saturated carbocycles. The highest BCUT2D eigenvalue weighted by Gasteiger charge is 2.37. The van der Waals surface area contributed by atoms with Gasteiger partial charge in [-0.3, -0.25) is 4.79 Å². The van der Waals surface area contributed by atoms with E-state index < -0.39 is 5.97 Å². The van der Waals surface area contributed by atoms with Gasteiger partial charge < -0.3 is 14.6 Å². The fourth-order valence-electron chi connectivity index (χ4n) is 3.37. The van der Waals surface area contributed by atoms with E-state index in [1.807, 2.05) is 42.5 Å². The average Bonchev–Trinajstić information content (AvgIpc) is 2.93. The Bertz CT molecular complexity index is 706. The van der Waals surface area contributed by atoms with Gasteiger partial charge in [0.2, 0.25) is 0 Å². The summed E-state index contributed by atoms with van der Waals surface area (Å²) in [6, 6.07) is 13.7. The molecule has 2 aromatic rings. The van der Waals surface area contributed by atoms with Crippen molar-refractivity contribution in [2.24, 2.45) is 5.92 Å². The van der Waals surface area contributed by atoms with Crippen molar-refractivity contribution < 1.29 is 19.4 Å². The number of aliphatic carboxylic acids is 1. The predicted octanol–water partition coefficient (Wildman–Crippen LogP) is 3.29. The number of ether oxygens (including phenoxy) is 2. The molecule has 0 spiro atoms. The van der Waals surface area contributed by atoms with Gasteiger partial charge in [0.15, 0.2) is 0 Å². The van der Waals surface area contributed by atoms with Crippen LogP contribution in [0.25, 0.3) is 0 Å². The number of hydrogen-bond donors (Lipinski definition) is 1. The second kappa shape index (κ2) is 6.32. The molecule has 23 heavy (non-hydrogen) atoms. The molecule has 1 N–H and O–H groups in total. The number of hydrogen-bond acceptors (Lipinski definition) is 3. The molecule has 1 aliphatic carbocycles. The van der Waals surface area contributed by atoms with Crippen LogP contribution >= 0.6 is 0 Å². The predicted molar refractivity (Wildman–Crippen MR) is 87.3 cm³/mol. The van der Waals surface area contributed by atoms with Crippen molar-refractivity contribution in [2.75, 3.05) is 14.2 Å². The van der Waals surface area contributed by atoms with E-state index in [4.69, 9.17) is 9.47 Å². The first kappa shape index (κ1) is 15.4. The molecule has 120 valence electrons. The van der Waals surface area contributed by atoms with Crippen LogP contribution < -0.4 is 9.47 Å². The first-order chi connectivity index (χ1) is 11.1. The molecule has 4 nitrogen and oxygen atoms in total. The molecule has 0 bridgehead atoms. The zero-order valence-electron chi connectivity index (χ0n) is 13.3. The van der Waals surface area contributed by atoms with E-state index in [1.54, 1.807) is 14.2 Å². The van der Waals surface area contributed by atoms with Crippen LogP contribution in [0.4, 0.5) is 0 Å². The molecule has 0 fully saturated rings. The Kier molecular flexibility index (Phi) is 4.24. The molecule has 0 amide bonds. The fourth-order valence-corrected chi connectivity index (χ4v) is 3.37. The van der Waals surface area contributed by atoms with Crippen LogP contribution in [-0.4, -0.2) is 25.3 Å². The van der Waals surface area contributed by atoms with Gasteiger partial charge in [-0.25, -0.2) is 0 Å². The minimum absolute atomic E-state index is 0.0122. The Morgan fingerprint density at radius 1 is 1.09 bits per heavy atom. The lowest BCUT2D eigenvalue weighted by molar-refractivity contribution is -0.142. The molecule has 3 rings (SSSR count). The Balaban J connectivity index is 1.90. The minimum atomic E-state index is -0.737. The van der Waals surface area contributed by atoms with Crippen LogP contribution in [0.5, 0.6) is 11.5 Å². The highest BCUT2D eigenvalue weighted by molar-refractivity contribution is 5.74. The molecule has 4 heteroatoms. The maximum Gasteiger partial charge on any atom is 0.307 e. The molecule has 0 aromatic heterocycles. The fraction of sp³-hybridized carbons (Fsp3) is 0.316. The lowest BCUT2D eigenvalue weighted by atomic mass is 9.87. The molecule has 2 aromatic carbocycles. The zero-order valence-corrected chi connectivity index (χ0v) is 13.3. The second-order valence-corrected chi connectivity index (χ2v) is 5.87. The van der Waals surface area contributed by atoms with Gasteiger partial charge in [0.25, 0.3) is 0 Å². The van der Waals surface area contributed by atoms with Gasteiger partial charge >= 0.3 is 5.97 Å². The summed E-state index contributed by atoms with van der Waals surface area (Å²) in [6.07, 6.45) is 1.27. The average molecular weight is 312 g/mol. The third kappa shape index (κ3) is 3.02. The number of benzene rings is 2. The van der Waals surface area contributed by atoms with Gasteiger partial charge in [-0.2, -0.15) is 0 Å². The van der Waals surface area contributed by atoms with Crippen molar-refractivity contribution in [3.63, 3.8) is 0 Å². The Morgan fingerprint density at radius 2 is 1.74 bits per heavy atom. The molecule has 0 radical (unpaired) electrons. The van der Waals surface area contributed by atoms with Gasteiger partial charge in [-0.05, 0) is 53.8 Å². The van der Waals surface area contributed by atoms with Crippen LogP contribution in [0.15, 0.2) is 42.5 Å². The van der Waals surface area contributed by atoms with Gasteiger partial charge in [-0.15, -0.1) is 0 Å². The summed E-state index contributed by atoms with van der Waals surface area (Å²) in [5.74, 6) is 0.442. The van der Waals surface area contributed by atoms with E-state index >= 15 is 0 Å².